The summed E-state index contributed by atoms with van der Waals surface area (Å²) in [7, 11) is 0. The van der Waals surface area contributed by atoms with Crippen molar-refractivity contribution in [2.24, 2.45) is 5.92 Å². The Morgan fingerprint density at radius 1 is 1.27 bits per heavy atom. The van der Waals surface area contributed by atoms with Gasteiger partial charge < -0.3 is 15.2 Å². The average Bonchev–Trinajstić information content (AvgIpc) is 3.23. The van der Waals surface area contributed by atoms with Crippen LogP contribution >= 0.6 is 0 Å². The first-order valence-electron chi connectivity index (χ1n) is 6.89. The Morgan fingerprint density at radius 2 is 1.82 bits per heavy atom. The largest absolute Gasteiger partial charge is 0.480 e. The van der Waals surface area contributed by atoms with E-state index in [1.807, 2.05) is 0 Å². The molecule has 1 aliphatic rings. The fourth-order valence-electron chi connectivity index (χ4n) is 2.39. The van der Waals surface area contributed by atoms with E-state index in [-0.39, 0.29) is 17.2 Å². The zero-order chi connectivity index (χ0) is 16.4. The second kappa shape index (κ2) is 6.29. The van der Waals surface area contributed by atoms with Crippen molar-refractivity contribution in [1.29, 1.82) is 0 Å². The van der Waals surface area contributed by atoms with Crippen LogP contribution in [0.5, 0.6) is 5.75 Å². The minimum absolute atomic E-state index is 0.0310. The molecule has 1 unspecified atom stereocenters. The van der Waals surface area contributed by atoms with E-state index in [9.17, 15) is 18.4 Å². The van der Waals surface area contributed by atoms with E-state index in [0.29, 0.717) is 11.1 Å². The Morgan fingerprint density at radius 3 is 2.23 bits per heavy atom. The number of hydrogen-bond donors (Lipinski definition) is 2. The van der Waals surface area contributed by atoms with Gasteiger partial charge in [-0.2, -0.15) is 8.78 Å². The number of hydrogen-bond acceptors (Lipinski definition) is 3. The molecule has 0 saturated heterocycles. The molecule has 0 bridgehead atoms. The highest BCUT2D eigenvalue weighted by Gasteiger charge is 2.37. The summed E-state index contributed by atoms with van der Waals surface area (Å²) in [5, 5.41) is 11.6. The summed E-state index contributed by atoms with van der Waals surface area (Å²) < 4.78 is 29.1. The van der Waals surface area contributed by atoms with E-state index in [1.54, 1.807) is 13.8 Å². The lowest BCUT2D eigenvalue weighted by Gasteiger charge is -2.16. The van der Waals surface area contributed by atoms with Gasteiger partial charge >= 0.3 is 12.6 Å². The Hall–Kier alpha value is -2.18. The highest BCUT2D eigenvalue weighted by atomic mass is 19.3. The summed E-state index contributed by atoms with van der Waals surface area (Å²) in [5.74, 6) is -1.61. The lowest BCUT2D eigenvalue weighted by molar-refractivity contribution is -0.139. The molecule has 2 rings (SSSR count). The number of aryl methyl sites for hydroxylation is 2. The van der Waals surface area contributed by atoms with Gasteiger partial charge in [0.15, 0.2) is 0 Å². The van der Waals surface area contributed by atoms with Crippen molar-refractivity contribution < 1.29 is 28.2 Å². The number of carboxylic acids is 1. The lowest BCUT2D eigenvalue weighted by Crippen LogP contribution is -2.42. The zero-order valence-corrected chi connectivity index (χ0v) is 12.2. The fourth-order valence-corrected chi connectivity index (χ4v) is 2.39. The van der Waals surface area contributed by atoms with Crippen LogP contribution in [0.3, 0.4) is 0 Å². The number of nitrogens with one attached hydrogen (secondary N) is 1. The molecule has 0 radical (unpaired) electrons. The number of carbonyl (C=O) groups excluding carboxylic acids is 1. The summed E-state index contributed by atoms with van der Waals surface area (Å²) in [4.78, 5) is 23.3. The van der Waals surface area contributed by atoms with E-state index >= 15 is 0 Å². The number of rotatable bonds is 6. The SMILES string of the molecule is Cc1cc(C(=O)NC(C(=O)O)C2CC2)cc(C)c1OC(F)F. The molecule has 5 nitrogen and oxygen atoms in total. The van der Waals surface area contributed by atoms with Gasteiger partial charge in [-0.3, -0.25) is 4.79 Å². The van der Waals surface area contributed by atoms with Crippen LogP contribution in [0.1, 0.15) is 34.3 Å². The van der Waals surface area contributed by atoms with Crippen LogP contribution < -0.4 is 10.1 Å². The highest BCUT2D eigenvalue weighted by Crippen LogP contribution is 2.33. The van der Waals surface area contributed by atoms with Gasteiger partial charge in [0.25, 0.3) is 5.91 Å². The molecular weight excluding hydrogens is 296 g/mol. The number of ether oxygens (including phenoxy) is 1. The minimum Gasteiger partial charge on any atom is -0.480 e. The van der Waals surface area contributed by atoms with Gasteiger partial charge in [0, 0.05) is 5.56 Å². The van der Waals surface area contributed by atoms with Gasteiger partial charge in [0.2, 0.25) is 0 Å². The third-order valence-electron chi connectivity index (χ3n) is 3.58. The van der Waals surface area contributed by atoms with Gasteiger partial charge in [-0.1, -0.05) is 0 Å². The third kappa shape index (κ3) is 3.72. The molecule has 1 atom stereocenters. The fraction of sp³-hybridized carbons (Fsp3) is 0.467. The third-order valence-corrected chi connectivity index (χ3v) is 3.58. The second-order valence-corrected chi connectivity index (χ2v) is 5.44. The number of carboxylic acid groups (broad SMARTS) is 1. The highest BCUT2D eigenvalue weighted by molar-refractivity contribution is 5.97. The first kappa shape index (κ1) is 16.2. The van der Waals surface area contributed by atoms with Gasteiger partial charge in [0.1, 0.15) is 11.8 Å². The maximum Gasteiger partial charge on any atom is 0.387 e. The Bertz CT molecular complexity index is 576. The van der Waals surface area contributed by atoms with Crippen molar-refractivity contribution in [3.05, 3.63) is 28.8 Å². The number of carbonyl (C=O) groups is 2. The van der Waals surface area contributed by atoms with E-state index in [1.165, 1.54) is 12.1 Å². The molecule has 0 heterocycles. The molecule has 1 saturated carbocycles. The molecule has 22 heavy (non-hydrogen) atoms. The zero-order valence-electron chi connectivity index (χ0n) is 12.2. The smallest absolute Gasteiger partial charge is 0.387 e. The molecule has 7 heteroatoms. The van der Waals surface area contributed by atoms with Crippen LogP contribution in [-0.4, -0.2) is 29.6 Å². The predicted molar refractivity (Wildman–Crippen MR) is 74.2 cm³/mol. The predicted octanol–water partition coefficient (Wildman–Crippen LogP) is 2.50. The van der Waals surface area contributed by atoms with Crippen molar-refractivity contribution >= 4 is 11.9 Å². The molecule has 1 aromatic rings. The molecule has 1 fully saturated rings. The monoisotopic (exact) mass is 313 g/mol. The maximum absolute atomic E-state index is 12.3. The topological polar surface area (TPSA) is 75.6 Å². The van der Waals surface area contributed by atoms with E-state index in [2.05, 4.69) is 10.1 Å². The van der Waals surface area contributed by atoms with E-state index in [4.69, 9.17) is 5.11 Å². The lowest BCUT2D eigenvalue weighted by atomic mass is 10.0. The summed E-state index contributed by atoms with van der Waals surface area (Å²) in [6.45, 7) is 0.164. The number of halogens is 2. The van der Waals surface area contributed by atoms with E-state index < -0.39 is 24.5 Å². The Balaban J connectivity index is 2.18. The Labute approximate surface area is 126 Å². The van der Waals surface area contributed by atoms with Crippen molar-refractivity contribution in [3.8, 4) is 5.75 Å². The molecule has 120 valence electrons. The number of alkyl halides is 2. The van der Waals surface area contributed by atoms with Crippen LogP contribution in [-0.2, 0) is 4.79 Å². The quantitative estimate of drug-likeness (QED) is 0.846. The second-order valence-electron chi connectivity index (χ2n) is 5.44. The molecule has 1 aliphatic carbocycles. The Kier molecular flexibility index (Phi) is 4.63. The number of benzene rings is 1. The van der Waals surface area contributed by atoms with Gasteiger partial charge in [0.05, 0.1) is 0 Å². The van der Waals surface area contributed by atoms with Gasteiger partial charge in [-0.05, 0) is 55.9 Å². The number of aliphatic carboxylic acids is 1. The van der Waals surface area contributed by atoms with Gasteiger partial charge in [-0.15, -0.1) is 0 Å². The molecule has 0 aromatic heterocycles. The van der Waals surface area contributed by atoms with Gasteiger partial charge in [-0.25, -0.2) is 4.79 Å². The molecule has 1 amide bonds. The van der Waals surface area contributed by atoms with Crippen molar-refractivity contribution in [2.75, 3.05) is 0 Å². The standard InChI is InChI=1S/C15H17F2NO4/c1-7-5-10(6-8(2)12(7)22-15(16)17)13(19)18-11(14(20)21)9-3-4-9/h5-6,9,11,15H,3-4H2,1-2H3,(H,18,19)(H,20,21). The van der Waals surface area contributed by atoms with Crippen molar-refractivity contribution in [2.45, 2.75) is 39.3 Å². The minimum atomic E-state index is -2.94. The number of amides is 1. The van der Waals surface area contributed by atoms with Crippen LogP contribution in [0.2, 0.25) is 0 Å². The normalized spacial score (nSPS) is 15.5. The van der Waals surface area contributed by atoms with E-state index in [0.717, 1.165) is 12.8 Å². The summed E-state index contributed by atoms with van der Waals surface area (Å²) in [5.41, 5.74) is 1.01. The molecule has 0 aliphatic heterocycles. The summed E-state index contributed by atoms with van der Waals surface area (Å²) in [6.07, 6.45) is 1.55. The first-order chi connectivity index (χ1) is 10.3. The molecule has 1 aromatic carbocycles. The molecule has 2 N–H and O–H groups in total. The molecular formula is C15H17F2NO4. The van der Waals surface area contributed by atoms with Crippen molar-refractivity contribution in [1.82, 2.24) is 5.32 Å². The summed E-state index contributed by atoms with van der Waals surface area (Å²) >= 11 is 0. The average molecular weight is 313 g/mol. The molecule has 0 spiro atoms. The maximum atomic E-state index is 12.3. The van der Waals surface area contributed by atoms with Crippen LogP contribution in [0.4, 0.5) is 8.78 Å². The summed E-state index contributed by atoms with van der Waals surface area (Å²) in [6, 6.07) is 1.91. The van der Waals surface area contributed by atoms with Crippen LogP contribution in [0, 0.1) is 19.8 Å². The first-order valence-corrected chi connectivity index (χ1v) is 6.89. The van der Waals surface area contributed by atoms with Crippen LogP contribution in [0.15, 0.2) is 12.1 Å². The van der Waals surface area contributed by atoms with Crippen molar-refractivity contribution in [3.63, 3.8) is 0 Å². The van der Waals surface area contributed by atoms with Crippen LogP contribution in [0.25, 0.3) is 0 Å².